The molecule has 148 valence electrons. The van der Waals surface area contributed by atoms with Crippen molar-refractivity contribution >= 4 is 11.9 Å². The predicted molar refractivity (Wildman–Crippen MR) is 113 cm³/mol. The standard InChI is InChI=1S/C23H24N4O2/c1-29-21-10-4-17(5-11-21)14-24-22(28)19-8-6-18(7-9-19)20-15-25-23(26-16-20)27-12-2-3-13-27/h4-11,15-16H,2-3,12-14H2,1H3,(H,24,28). The Morgan fingerprint density at radius 2 is 1.62 bits per heavy atom. The summed E-state index contributed by atoms with van der Waals surface area (Å²) in [5.74, 6) is 1.49. The lowest BCUT2D eigenvalue weighted by atomic mass is 10.1. The third kappa shape index (κ3) is 4.54. The number of carbonyl (C=O) groups is 1. The highest BCUT2D eigenvalue weighted by molar-refractivity contribution is 5.94. The lowest BCUT2D eigenvalue weighted by Crippen LogP contribution is -2.22. The zero-order valence-corrected chi connectivity index (χ0v) is 16.5. The van der Waals surface area contributed by atoms with E-state index < -0.39 is 0 Å². The van der Waals surface area contributed by atoms with Gasteiger partial charge in [-0.1, -0.05) is 24.3 Å². The van der Waals surface area contributed by atoms with Gasteiger partial charge in [-0.15, -0.1) is 0 Å². The molecule has 0 spiro atoms. The fourth-order valence-corrected chi connectivity index (χ4v) is 3.39. The van der Waals surface area contributed by atoms with Crippen molar-refractivity contribution in [1.29, 1.82) is 0 Å². The Morgan fingerprint density at radius 3 is 2.24 bits per heavy atom. The van der Waals surface area contributed by atoms with E-state index in [0.29, 0.717) is 12.1 Å². The van der Waals surface area contributed by atoms with Gasteiger partial charge in [-0.05, 0) is 48.2 Å². The molecule has 1 aliphatic rings. The minimum Gasteiger partial charge on any atom is -0.497 e. The van der Waals surface area contributed by atoms with Gasteiger partial charge in [0.05, 0.1) is 7.11 Å². The third-order valence-electron chi connectivity index (χ3n) is 5.12. The molecule has 1 aromatic heterocycles. The molecule has 0 saturated carbocycles. The molecule has 29 heavy (non-hydrogen) atoms. The van der Waals surface area contributed by atoms with Crippen molar-refractivity contribution in [2.45, 2.75) is 19.4 Å². The largest absolute Gasteiger partial charge is 0.497 e. The summed E-state index contributed by atoms with van der Waals surface area (Å²) in [7, 11) is 1.63. The van der Waals surface area contributed by atoms with Crippen molar-refractivity contribution < 1.29 is 9.53 Å². The van der Waals surface area contributed by atoms with Crippen LogP contribution in [0.15, 0.2) is 60.9 Å². The Hall–Kier alpha value is -3.41. The van der Waals surface area contributed by atoms with Gasteiger partial charge in [-0.25, -0.2) is 9.97 Å². The van der Waals surface area contributed by atoms with Crippen molar-refractivity contribution in [3.8, 4) is 16.9 Å². The normalized spacial score (nSPS) is 13.3. The number of rotatable bonds is 6. The third-order valence-corrected chi connectivity index (χ3v) is 5.12. The molecule has 2 aromatic carbocycles. The average molecular weight is 388 g/mol. The van der Waals surface area contributed by atoms with E-state index in [1.165, 1.54) is 12.8 Å². The summed E-state index contributed by atoms with van der Waals surface area (Å²) < 4.78 is 5.15. The van der Waals surface area contributed by atoms with Gasteiger partial charge >= 0.3 is 0 Å². The summed E-state index contributed by atoms with van der Waals surface area (Å²) >= 11 is 0. The number of anilines is 1. The number of aromatic nitrogens is 2. The smallest absolute Gasteiger partial charge is 0.251 e. The molecule has 6 nitrogen and oxygen atoms in total. The minimum atomic E-state index is -0.104. The molecule has 0 bridgehead atoms. The van der Waals surface area contributed by atoms with Gasteiger partial charge in [0, 0.05) is 43.2 Å². The predicted octanol–water partition coefficient (Wildman–Crippen LogP) is 3.68. The second kappa shape index (κ2) is 8.73. The quantitative estimate of drug-likeness (QED) is 0.698. The number of hydrogen-bond acceptors (Lipinski definition) is 5. The van der Waals surface area contributed by atoms with E-state index in [-0.39, 0.29) is 5.91 Å². The van der Waals surface area contributed by atoms with Crippen LogP contribution in [0.25, 0.3) is 11.1 Å². The molecule has 6 heteroatoms. The Bertz CT molecular complexity index is 948. The molecule has 1 amide bonds. The van der Waals surface area contributed by atoms with E-state index in [1.54, 1.807) is 7.11 Å². The molecule has 3 aromatic rings. The molecular formula is C23H24N4O2. The minimum absolute atomic E-state index is 0.104. The summed E-state index contributed by atoms with van der Waals surface area (Å²) in [6, 6.07) is 15.1. The lowest BCUT2D eigenvalue weighted by molar-refractivity contribution is 0.0951. The number of nitrogens with zero attached hydrogens (tertiary/aromatic N) is 3. The first kappa shape index (κ1) is 18.9. The molecule has 1 fully saturated rings. The van der Waals surface area contributed by atoms with Crippen LogP contribution in [0.3, 0.4) is 0 Å². The Morgan fingerprint density at radius 1 is 0.966 bits per heavy atom. The number of carbonyl (C=O) groups excluding carboxylic acids is 1. The fraction of sp³-hybridized carbons (Fsp3) is 0.261. The van der Waals surface area contributed by atoms with E-state index in [4.69, 9.17) is 4.74 Å². The number of amides is 1. The molecule has 0 aliphatic carbocycles. The molecule has 0 radical (unpaired) electrons. The summed E-state index contributed by atoms with van der Waals surface area (Å²) in [6.07, 6.45) is 6.10. The Kier molecular flexibility index (Phi) is 5.70. The molecular weight excluding hydrogens is 364 g/mol. The van der Waals surface area contributed by atoms with Crippen molar-refractivity contribution in [2.24, 2.45) is 0 Å². The van der Waals surface area contributed by atoms with Crippen molar-refractivity contribution in [3.63, 3.8) is 0 Å². The van der Waals surface area contributed by atoms with Crippen LogP contribution in [0.4, 0.5) is 5.95 Å². The van der Waals surface area contributed by atoms with Crippen LogP contribution in [-0.4, -0.2) is 36.1 Å². The van der Waals surface area contributed by atoms with Gasteiger partial charge in [0.15, 0.2) is 0 Å². The topological polar surface area (TPSA) is 67.3 Å². The maximum Gasteiger partial charge on any atom is 0.251 e. The zero-order valence-electron chi connectivity index (χ0n) is 16.5. The van der Waals surface area contributed by atoms with Crippen LogP contribution in [0.2, 0.25) is 0 Å². The van der Waals surface area contributed by atoms with Gasteiger partial charge in [0.25, 0.3) is 5.91 Å². The van der Waals surface area contributed by atoms with Crippen LogP contribution < -0.4 is 15.0 Å². The van der Waals surface area contributed by atoms with Crippen molar-refractivity contribution in [3.05, 3.63) is 72.1 Å². The fourth-order valence-electron chi connectivity index (χ4n) is 3.39. The second-order valence-electron chi connectivity index (χ2n) is 7.07. The monoisotopic (exact) mass is 388 g/mol. The number of hydrogen-bond donors (Lipinski definition) is 1. The highest BCUT2D eigenvalue weighted by atomic mass is 16.5. The number of methoxy groups -OCH3 is 1. The number of benzene rings is 2. The number of nitrogens with one attached hydrogen (secondary N) is 1. The molecule has 2 heterocycles. The van der Waals surface area contributed by atoms with Gasteiger partial charge in [0.2, 0.25) is 5.95 Å². The lowest BCUT2D eigenvalue weighted by Gasteiger charge is -2.14. The summed E-state index contributed by atoms with van der Waals surface area (Å²) in [5.41, 5.74) is 3.57. The van der Waals surface area contributed by atoms with E-state index >= 15 is 0 Å². The van der Waals surface area contributed by atoms with Crippen LogP contribution in [0.1, 0.15) is 28.8 Å². The molecule has 1 saturated heterocycles. The average Bonchev–Trinajstić information content (AvgIpc) is 3.33. The highest BCUT2D eigenvalue weighted by Crippen LogP contribution is 2.21. The first-order valence-electron chi connectivity index (χ1n) is 9.81. The van der Waals surface area contributed by atoms with Gasteiger partial charge in [-0.3, -0.25) is 4.79 Å². The molecule has 1 aliphatic heterocycles. The van der Waals surface area contributed by atoms with E-state index in [1.807, 2.05) is 60.9 Å². The first-order chi connectivity index (χ1) is 14.2. The van der Waals surface area contributed by atoms with Crippen molar-refractivity contribution in [2.75, 3.05) is 25.1 Å². The zero-order chi connectivity index (χ0) is 20.1. The SMILES string of the molecule is COc1ccc(CNC(=O)c2ccc(-c3cnc(N4CCCC4)nc3)cc2)cc1. The van der Waals surface area contributed by atoms with Crippen molar-refractivity contribution in [1.82, 2.24) is 15.3 Å². The molecule has 4 rings (SSSR count). The summed E-state index contributed by atoms with van der Waals surface area (Å²) in [4.78, 5) is 23.6. The molecule has 0 atom stereocenters. The second-order valence-corrected chi connectivity index (χ2v) is 7.07. The van der Waals surface area contributed by atoms with Gasteiger partial charge < -0.3 is 15.0 Å². The molecule has 0 unspecified atom stereocenters. The Labute approximate surface area is 170 Å². The van der Waals surface area contributed by atoms with Crippen LogP contribution in [-0.2, 0) is 6.54 Å². The van der Waals surface area contributed by atoms with Gasteiger partial charge in [0.1, 0.15) is 5.75 Å². The van der Waals surface area contributed by atoms with Crippen LogP contribution in [0, 0.1) is 0 Å². The van der Waals surface area contributed by atoms with E-state index in [9.17, 15) is 4.79 Å². The van der Waals surface area contributed by atoms with E-state index in [2.05, 4.69) is 20.2 Å². The first-order valence-corrected chi connectivity index (χ1v) is 9.81. The highest BCUT2D eigenvalue weighted by Gasteiger charge is 2.14. The summed E-state index contributed by atoms with van der Waals surface area (Å²) in [5, 5.41) is 2.94. The maximum absolute atomic E-state index is 12.4. The number of ether oxygens (including phenoxy) is 1. The molecule has 1 N–H and O–H groups in total. The van der Waals surface area contributed by atoms with Gasteiger partial charge in [-0.2, -0.15) is 0 Å². The van der Waals surface area contributed by atoms with Crippen LogP contribution in [0.5, 0.6) is 5.75 Å². The Balaban J connectivity index is 1.37. The maximum atomic E-state index is 12.4. The van der Waals surface area contributed by atoms with E-state index in [0.717, 1.165) is 41.5 Å². The van der Waals surface area contributed by atoms with Crippen LogP contribution >= 0.6 is 0 Å². The summed E-state index contributed by atoms with van der Waals surface area (Å²) in [6.45, 7) is 2.52.